The molecule has 1 saturated heterocycles. The molecular weight excluding hydrogens is 365 g/mol. The lowest BCUT2D eigenvalue weighted by atomic mass is 9.86. The summed E-state index contributed by atoms with van der Waals surface area (Å²) in [7, 11) is 2.56. The van der Waals surface area contributed by atoms with Crippen LogP contribution in [0.15, 0.2) is 36.9 Å². The number of piperidine rings is 1. The van der Waals surface area contributed by atoms with Gasteiger partial charge in [0.2, 0.25) is 0 Å². The van der Waals surface area contributed by atoms with E-state index in [-0.39, 0.29) is 0 Å². The van der Waals surface area contributed by atoms with Crippen LogP contribution in [0.5, 0.6) is 0 Å². The lowest BCUT2D eigenvalue weighted by Gasteiger charge is -2.28. The average Bonchev–Trinajstić information content (AvgIpc) is 3.11. The fourth-order valence-corrected chi connectivity index (χ4v) is 4.49. The van der Waals surface area contributed by atoms with E-state index in [2.05, 4.69) is 61.5 Å². The Bertz CT molecular complexity index is 731. The van der Waals surface area contributed by atoms with E-state index in [0.29, 0.717) is 5.70 Å². The number of aromatic nitrogens is 3. The van der Waals surface area contributed by atoms with Crippen LogP contribution in [0.4, 0.5) is 5.69 Å². The molecule has 2 aromatic rings. The second kappa shape index (κ2) is 10.6. The third-order valence-corrected chi connectivity index (χ3v) is 6.19. The molecule has 2 aliphatic rings. The van der Waals surface area contributed by atoms with Gasteiger partial charge < -0.3 is 10.6 Å². The molecule has 0 bridgehead atoms. The van der Waals surface area contributed by atoms with Gasteiger partial charge in [0.25, 0.3) is 0 Å². The van der Waals surface area contributed by atoms with Gasteiger partial charge in [-0.15, -0.1) is 5.10 Å². The van der Waals surface area contributed by atoms with E-state index < -0.39 is 0 Å². The number of hydrogen-bond donors (Lipinski definition) is 1. The first-order valence-corrected chi connectivity index (χ1v) is 11.1. The highest BCUT2D eigenvalue weighted by atomic mass is 31.0. The van der Waals surface area contributed by atoms with Gasteiger partial charge in [-0.1, -0.05) is 62.1 Å². The van der Waals surface area contributed by atoms with Crippen molar-refractivity contribution in [2.45, 2.75) is 57.8 Å². The predicted octanol–water partition coefficient (Wildman–Crippen LogP) is 4.65. The molecule has 28 heavy (non-hydrogen) atoms. The van der Waals surface area contributed by atoms with Crippen LogP contribution in [-0.4, -0.2) is 27.9 Å². The van der Waals surface area contributed by atoms with Crippen molar-refractivity contribution in [1.29, 1.82) is 0 Å². The zero-order valence-electron chi connectivity index (χ0n) is 16.9. The highest BCUT2D eigenvalue weighted by Gasteiger charge is 2.19. The Morgan fingerprint density at radius 3 is 2.32 bits per heavy atom. The molecule has 1 saturated carbocycles. The first kappa shape index (κ1) is 20.9. The Balaban J connectivity index is 0.000000167. The van der Waals surface area contributed by atoms with Crippen molar-refractivity contribution >= 4 is 20.8 Å². The van der Waals surface area contributed by atoms with Gasteiger partial charge in [-0.05, 0) is 53.1 Å². The minimum atomic E-state index is 0.513. The van der Waals surface area contributed by atoms with E-state index in [1.165, 1.54) is 70.1 Å². The summed E-state index contributed by atoms with van der Waals surface area (Å²) in [5.74, 6) is 0.754. The maximum atomic E-state index is 5.71. The van der Waals surface area contributed by atoms with Crippen LogP contribution in [0.2, 0.25) is 0 Å². The van der Waals surface area contributed by atoms with Crippen molar-refractivity contribution in [3.05, 3.63) is 48.3 Å². The SMILES string of the molecule is C=C(N)c1nnn(P)c1CC1CCCCC1.c1ccc(N2CCCCC2)cc1. The lowest BCUT2D eigenvalue weighted by Crippen LogP contribution is -2.29. The van der Waals surface area contributed by atoms with E-state index >= 15 is 0 Å². The molecule has 0 spiro atoms. The van der Waals surface area contributed by atoms with E-state index in [1.807, 2.05) is 0 Å². The smallest absolute Gasteiger partial charge is 0.131 e. The summed E-state index contributed by atoms with van der Waals surface area (Å²) in [5.41, 5.74) is 9.48. The van der Waals surface area contributed by atoms with Gasteiger partial charge in [0, 0.05) is 18.8 Å². The number of anilines is 1. The van der Waals surface area contributed by atoms with Crippen LogP contribution in [0.3, 0.4) is 0 Å². The van der Waals surface area contributed by atoms with Crippen molar-refractivity contribution in [3.8, 4) is 0 Å². The van der Waals surface area contributed by atoms with Gasteiger partial charge in [-0.3, -0.25) is 0 Å². The van der Waals surface area contributed by atoms with Crippen LogP contribution in [0, 0.1) is 5.92 Å². The highest BCUT2D eigenvalue weighted by molar-refractivity contribution is 7.14. The van der Waals surface area contributed by atoms with Crippen LogP contribution < -0.4 is 10.6 Å². The molecule has 1 aliphatic carbocycles. The van der Waals surface area contributed by atoms with Gasteiger partial charge in [-0.2, -0.15) is 0 Å². The molecule has 0 radical (unpaired) electrons. The van der Waals surface area contributed by atoms with Crippen LogP contribution >= 0.6 is 9.39 Å². The zero-order valence-corrected chi connectivity index (χ0v) is 18.0. The molecule has 5 nitrogen and oxygen atoms in total. The second-order valence-corrected chi connectivity index (χ2v) is 8.44. The maximum absolute atomic E-state index is 5.71. The molecule has 2 fully saturated rings. The minimum absolute atomic E-state index is 0.513. The summed E-state index contributed by atoms with van der Waals surface area (Å²) in [6.45, 7) is 6.23. The van der Waals surface area contributed by atoms with Crippen molar-refractivity contribution in [3.63, 3.8) is 0 Å². The van der Waals surface area contributed by atoms with Crippen molar-refractivity contribution in [2.75, 3.05) is 18.0 Å². The molecule has 1 atom stereocenters. The Labute approximate surface area is 171 Å². The molecular formula is C22H34N5P. The summed E-state index contributed by atoms with van der Waals surface area (Å²) >= 11 is 0. The Hall–Kier alpha value is -1.87. The fourth-order valence-electron chi connectivity index (χ4n) is 4.21. The molecule has 1 aromatic heterocycles. The number of nitrogens with zero attached hydrogens (tertiary/aromatic N) is 4. The number of hydrogen-bond acceptors (Lipinski definition) is 4. The van der Waals surface area contributed by atoms with E-state index in [4.69, 9.17) is 5.73 Å². The Morgan fingerprint density at radius 1 is 1.04 bits per heavy atom. The zero-order chi connectivity index (χ0) is 19.8. The highest BCUT2D eigenvalue weighted by Crippen LogP contribution is 2.28. The topological polar surface area (TPSA) is 60.0 Å². The number of benzene rings is 1. The predicted molar refractivity (Wildman–Crippen MR) is 121 cm³/mol. The number of nitrogens with two attached hydrogens (primary N) is 1. The number of rotatable bonds is 4. The summed E-state index contributed by atoms with van der Waals surface area (Å²) in [4.78, 5) is 2.48. The van der Waals surface area contributed by atoms with Crippen LogP contribution in [-0.2, 0) is 6.42 Å². The van der Waals surface area contributed by atoms with E-state index in [0.717, 1.165) is 23.7 Å². The van der Waals surface area contributed by atoms with E-state index in [9.17, 15) is 0 Å². The molecule has 2 N–H and O–H groups in total. The Morgan fingerprint density at radius 2 is 1.68 bits per heavy atom. The van der Waals surface area contributed by atoms with Crippen LogP contribution in [0.1, 0.15) is 62.8 Å². The second-order valence-electron chi connectivity index (χ2n) is 7.95. The molecule has 6 heteroatoms. The molecule has 152 valence electrons. The van der Waals surface area contributed by atoms with Gasteiger partial charge >= 0.3 is 0 Å². The monoisotopic (exact) mass is 399 g/mol. The first-order valence-electron chi connectivity index (χ1n) is 10.6. The summed E-state index contributed by atoms with van der Waals surface area (Å²) in [6, 6.07) is 10.7. The first-order chi connectivity index (χ1) is 13.6. The number of para-hydroxylation sites is 1. The average molecular weight is 400 g/mol. The quantitative estimate of drug-likeness (QED) is 0.761. The summed E-state index contributed by atoms with van der Waals surface area (Å²) in [6.07, 6.45) is 11.8. The van der Waals surface area contributed by atoms with Gasteiger partial charge in [0.05, 0.1) is 11.4 Å². The molecule has 1 unspecified atom stereocenters. The van der Waals surface area contributed by atoms with Crippen LogP contribution in [0.25, 0.3) is 5.70 Å². The third-order valence-electron chi connectivity index (χ3n) is 5.78. The molecule has 2 heterocycles. The maximum Gasteiger partial charge on any atom is 0.131 e. The summed E-state index contributed by atoms with van der Waals surface area (Å²) in [5, 5.41) is 8.04. The normalized spacial score (nSPS) is 17.7. The summed E-state index contributed by atoms with van der Waals surface area (Å²) < 4.78 is 1.75. The van der Waals surface area contributed by atoms with Crippen molar-refractivity contribution in [2.24, 2.45) is 11.7 Å². The van der Waals surface area contributed by atoms with Gasteiger partial charge in [-0.25, -0.2) is 4.45 Å². The standard InChI is InChI=1S/C11H19N4P.C11H15N/c1-8(12)11-10(15(16)14-13-11)7-9-5-3-2-4-6-9;1-3-7-11(8-4-1)12-9-5-2-6-10-12/h9H,1-7,12,16H2;1,3-4,7-8H,2,5-6,9-10H2. The van der Waals surface area contributed by atoms with Gasteiger partial charge in [0.1, 0.15) is 5.69 Å². The molecule has 1 aliphatic heterocycles. The Kier molecular flexibility index (Phi) is 7.90. The molecule has 0 amide bonds. The lowest BCUT2D eigenvalue weighted by molar-refractivity contribution is 0.353. The largest absolute Gasteiger partial charge is 0.397 e. The molecule has 1 aromatic carbocycles. The van der Waals surface area contributed by atoms with Crippen molar-refractivity contribution < 1.29 is 0 Å². The van der Waals surface area contributed by atoms with E-state index in [1.54, 1.807) is 4.45 Å². The molecule has 4 rings (SSSR count). The minimum Gasteiger partial charge on any atom is -0.397 e. The van der Waals surface area contributed by atoms with Gasteiger partial charge in [0.15, 0.2) is 0 Å². The third kappa shape index (κ3) is 5.81. The van der Waals surface area contributed by atoms with Crippen molar-refractivity contribution in [1.82, 2.24) is 14.8 Å². The fraction of sp³-hybridized carbons (Fsp3) is 0.545.